The Hall–Kier alpha value is -2.48. The van der Waals surface area contributed by atoms with Crippen LogP contribution in [-0.2, 0) is 9.53 Å². The molecule has 1 amide bonds. The van der Waals surface area contributed by atoms with E-state index in [-0.39, 0.29) is 37.4 Å². The molecule has 21 heavy (non-hydrogen) atoms. The number of nitrogens with zero attached hydrogens (tertiary/aromatic N) is 2. The molecule has 1 atom stereocenters. The number of carboxylic acids is 1. The Morgan fingerprint density at radius 2 is 2.14 bits per heavy atom. The maximum Gasteiger partial charge on any atom is 0.306 e. The van der Waals surface area contributed by atoms with Gasteiger partial charge in [-0.15, -0.1) is 0 Å². The van der Waals surface area contributed by atoms with Crippen molar-refractivity contribution in [2.24, 2.45) is 0 Å². The fourth-order valence-electron chi connectivity index (χ4n) is 2.21. The molecule has 1 saturated heterocycles. The molecule has 0 spiro atoms. The second-order valence-corrected chi connectivity index (χ2v) is 4.62. The number of rotatable bonds is 4. The van der Waals surface area contributed by atoms with Gasteiger partial charge in [-0.3, -0.25) is 19.7 Å². The van der Waals surface area contributed by atoms with Gasteiger partial charge in [0.2, 0.25) is 0 Å². The van der Waals surface area contributed by atoms with Gasteiger partial charge in [-0.05, 0) is 6.07 Å². The fourth-order valence-corrected chi connectivity index (χ4v) is 2.21. The van der Waals surface area contributed by atoms with Gasteiger partial charge < -0.3 is 14.7 Å². The van der Waals surface area contributed by atoms with Gasteiger partial charge in [0.15, 0.2) is 0 Å². The SMILES string of the molecule is O=C(O)CC1CN(C(=O)c2ccccc2[N+](=O)[O-])CCO1. The molecular weight excluding hydrogens is 280 g/mol. The minimum absolute atomic E-state index is 0.00141. The van der Waals surface area contributed by atoms with E-state index in [0.717, 1.165) is 0 Å². The average molecular weight is 294 g/mol. The second-order valence-electron chi connectivity index (χ2n) is 4.62. The molecule has 1 aromatic carbocycles. The highest BCUT2D eigenvalue weighted by molar-refractivity contribution is 5.98. The van der Waals surface area contributed by atoms with Crippen molar-refractivity contribution in [3.8, 4) is 0 Å². The van der Waals surface area contributed by atoms with Gasteiger partial charge in [0.05, 0.1) is 24.1 Å². The number of nitro groups is 1. The van der Waals surface area contributed by atoms with E-state index < -0.39 is 22.9 Å². The molecule has 1 aliphatic heterocycles. The third kappa shape index (κ3) is 3.54. The molecule has 0 saturated carbocycles. The zero-order chi connectivity index (χ0) is 15.4. The first-order chi connectivity index (χ1) is 9.99. The highest BCUT2D eigenvalue weighted by Crippen LogP contribution is 2.21. The number of amides is 1. The quantitative estimate of drug-likeness (QED) is 0.653. The number of benzene rings is 1. The number of hydrogen-bond acceptors (Lipinski definition) is 5. The first kappa shape index (κ1) is 14.9. The largest absolute Gasteiger partial charge is 0.481 e. The van der Waals surface area contributed by atoms with E-state index in [0.29, 0.717) is 0 Å². The molecule has 8 heteroatoms. The van der Waals surface area contributed by atoms with Crippen molar-refractivity contribution < 1.29 is 24.4 Å². The van der Waals surface area contributed by atoms with Crippen LogP contribution in [0, 0.1) is 10.1 Å². The van der Waals surface area contributed by atoms with Crippen molar-refractivity contribution in [2.75, 3.05) is 19.7 Å². The van der Waals surface area contributed by atoms with Crippen LogP contribution in [0.5, 0.6) is 0 Å². The summed E-state index contributed by atoms with van der Waals surface area (Å²) in [5.74, 6) is -1.50. The smallest absolute Gasteiger partial charge is 0.306 e. The minimum Gasteiger partial charge on any atom is -0.481 e. The molecule has 1 fully saturated rings. The lowest BCUT2D eigenvalue weighted by Gasteiger charge is -2.32. The molecule has 8 nitrogen and oxygen atoms in total. The van der Waals surface area contributed by atoms with Crippen molar-refractivity contribution in [2.45, 2.75) is 12.5 Å². The zero-order valence-electron chi connectivity index (χ0n) is 11.1. The van der Waals surface area contributed by atoms with Crippen LogP contribution in [0.1, 0.15) is 16.8 Å². The Kier molecular flexibility index (Phi) is 4.49. The number of nitro benzene ring substituents is 1. The van der Waals surface area contributed by atoms with Crippen LogP contribution in [-0.4, -0.2) is 52.6 Å². The summed E-state index contributed by atoms with van der Waals surface area (Å²) >= 11 is 0. The Balaban J connectivity index is 2.16. The van der Waals surface area contributed by atoms with Crippen molar-refractivity contribution in [1.29, 1.82) is 0 Å². The van der Waals surface area contributed by atoms with Crippen LogP contribution < -0.4 is 0 Å². The van der Waals surface area contributed by atoms with Crippen LogP contribution >= 0.6 is 0 Å². The summed E-state index contributed by atoms with van der Waals surface area (Å²) < 4.78 is 5.27. The van der Waals surface area contributed by atoms with Gasteiger partial charge in [0.1, 0.15) is 5.56 Å². The molecule has 0 aromatic heterocycles. The van der Waals surface area contributed by atoms with Crippen molar-refractivity contribution in [3.63, 3.8) is 0 Å². The third-order valence-corrected chi connectivity index (χ3v) is 3.16. The predicted octanol–water partition coefficient (Wildman–Crippen LogP) is 0.910. The van der Waals surface area contributed by atoms with E-state index in [1.807, 2.05) is 0 Å². The average Bonchev–Trinajstić information content (AvgIpc) is 2.46. The van der Waals surface area contributed by atoms with Gasteiger partial charge >= 0.3 is 5.97 Å². The van der Waals surface area contributed by atoms with Crippen molar-refractivity contribution in [1.82, 2.24) is 4.90 Å². The first-order valence-corrected chi connectivity index (χ1v) is 6.35. The lowest BCUT2D eigenvalue weighted by atomic mass is 10.1. The van der Waals surface area contributed by atoms with Gasteiger partial charge in [-0.1, -0.05) is 12.1 Å². The molecule has 1 unspecified atom stereocenters. The normalized spacial score (nSPS) is 18.3. The number of ether oxygens (including phenoxy) is 1. The third-order valence-electron chi connectivity index (χ3n) is 3.16. The summed E-state index contributed by atoms with van der Waals surface area (Å²) in [4.78, 5) is 34.8. The standard InChI is InChI=1S/C13H14N2O6/c16-12(17)7-9-8-14(5-6-21-9)13(18)10-3-1-2-4-11(10)15(19)20/h1-4,9H,5-8H2,(H,16,17). The highest BCUT2D eigenvalue weighted by atomic mass is 16.6. The molecule has 0 radical (unpaired) electrons. The topological polar surface area (TPSA) is 110 Å². The number of carboxylic acid groups (broad SMARTS) is 1. The molecular formula is C13H14N2O6. The Bertz CT molecular complexity index is 574. The summed E-state index contributed by atoms with van der Waals surface area (Å²) in [6.07, 6.45) is -0.802. The minimum atomic E-state index is -1.01. The van der Waals surface area contributed by atoms with Crippen molar-refractivity contribution in [3.05, 3.63) is 39.9 Å². The summed E-state index contributed by atoms with van der Waals surface area (Å²) in [6.45, 7) is 0.600. The number of aliphatic carboxylic acids is 1. The van der Waals surface area contributed by atoms with E-state index in [9.17, 15) is 19.7 Å². The van der Waals surface area contributed by atoms with Crippen LogP contribution in [0.25, 0.3) is 0 Å². The second kappa shape index (κ2) is 6.31. The van der Waals surface area contributed by atoms with E-state index in [1.165, 1.54) is 23.1 Å². The lowest BCUT2D eigenvalue weighted by Crippen LogP contribution is -2.46. The van der Waals surface area contributed by atoms with Gasteiger partial charge in [0, 0.05) is 19.2 Å². The summed E-state index contributed by atoms with van der Waals surface area (Å²) in [7, 11) is 0. The number of carbonyl (C=O) groups is 2. The van der Waals surface area contributed by atoms with Crippen LogP contribution in [0.2, 0.25) is 0 Å². The number of carbonyl (C=O) groups excluding carboxylic acids is 1. The maximum absolute atomic E-state index is 12.4. The van der Waals surface area contributed by atoms with Gasteiger partial charge in [0.25, 0.3) is 11.6 Å². The van der Waals surface area contributed by atoms with Crippen LogP contribution in [0.3, 0.4) is 0 Å². The van der Waals surface area contributed by atoms with Crippen LogP contribution in [0.4, 0.5) is 5.69 Å². The predicted molar refractivity (Wildman–Crippen MR) is 71.0 cm³/mol. The Morgan fingerprint density at radius 3 is 2.81 bits per heavy atom. The Labute approximate surface area is 120 Å². The first-order valence-electron chi connectivity index (χ1n) is 6.35. The van der Waals surface area contributed by atoms with E-state index in [4.69, 9.17) is 9.84 Å². The molecule has 0 aliphatic carbocycles. The maximum atomic E-state index is 12.4. The summed E-state index contributed by atoms with van der Waals surface area (Å²) in [5, 5.41) is 19.7. The summed E-state index contributed by atoms with van der Waals surface area (Å²) in [6, 6.07) is 5.70. The van der Waals surface area contributed by atoms with Gasteiger partial charge in [-0.2, -0.15) is 0 Å². The number of hydrogen-bond donors (Lipinski definition) is 1. The van der Waals surface area contributed by atoms with Crippen LogP contribution in [0.15, 0.2) is 24.3 Å². The molecule has 1 heterocycles. The zero-order valence-corrected chi connectivity index (χ0v) is 11.1. The van der Waals surface area contributed by atoms with Gasteiger partial charge in [-0.25, -0.2) is 0 Å². The monoisotopic (exact) mass is 294 g/mol. The molecule has 0 bridgehead atoms. The van der Waals surface area contributed by atoms with E-state index >= 15 is 0 Å². The molecule has 112 valence electrons. The van der Waals surface area contributed by atoms with E-state index in [2.05, 4.69) is 0 Å². The number of para-hydroxylation sites is 1. The molecule has 1 aromatic rings. The van der Waals surface area contributed by atoms with Crippen molar-refractivity contribution >= 4 is 17.6 Å². The Morgan fingerprint density at radius 1 is 1.43 bits per heavy atom. The highest BCUT2D eigenvalue weighted by Gasteiger charge is 2.29. The lowest BCUT2D eigenvalue weighted by molar-refractivity contribution is -0.385. The fraction of sp³-hybridized carbons (Fsp3) is 0.385. The summed E-state index contributed by atoms with van der Waals surface area (Å²) in [5.41, 5.74) is -0.262. The molecule has 1 aliphatic rings. The molecule has 2 rings (SSSR count). The number of morpholine rings is 1. The molecule has 1 N–H and O–H groups in total. The van der Waals surface area contributed by atoms with E-state index in [1.54, 1.807) is 6.07 Å².